The van der Waals surface area contributed by atoms with E-state index in [-0.39, 0.29) is 18.4 Å². The van der Waals surface area contributed by atoms with Crippen LogP contribution in [0.4, 0.5) is 0 Å². The van der Waals surface area contributed by atoms with Crippen LogP contribution in [0.15, 0.2) is 47.5 Å². The number of carbonyl (C=O) groups excluding carboxylic acids is 2. The molecule has 2 aliphatic heterocycles. The van der Waals surface area contributed by atoms with Gasteiger partial charge in [0.25, 0.3) is 11.8 Å². The molecule has 0 fully saturated rings. The first-order chi connectivity index (χ1) is 12.7. The van der Waals surface area contributed by atoms with Crippen molar-refractivity contribution in [1.82, 2.24) is 9.80 Å². The monoisotopic (exact) mass is 368 g/mol. The molecule has 5 nitrogen and oxygen atoms in total. The fourth-order valence-corrected chi connectivity index (χ4v) is 4.33. The van der Waals surface area contributed by atoms with Gasteiger partial charge in [-0.1, -0.05) is 30.3 Å². The van der Waals surface area contributed by atoms with E-state index in [1.54, 1.807) is 7.11 Å². The Morgan fingerprint density at radius 1 is 1.08 bits per heavy atom. The van der Waals surface area contributed by atoms with Gasteiger partial charge < -0.3 is 9.64 Å². The minimum Gasteiger partial charge on any atom is -0.383 e. The highest BCUT2D eigenvalue weighted by molar-refractivity contribution is 7.11. The van der Waals surface area contributed by atoms with Crippen LogP contribution in [0.3, 0.4) is 0 Å². The predicted molar refractivity (Wildman–Crippen MR) is 100 cm³/mol. The van der Waals surface area contributed by atoms with Crippen LogP contribution in [0.2, 0.25) is 0 Å². The van der Waals surface area contributed by atoms with E-state index in [0.29, 0.717) is 24.4 Å². The van der Waals surface area contributed by atoms with Crippen LogP contribution < -0.4 is 0 Å². The number of nitrogens with zero attached hydrogens (tertiary/aromatic N) is 2. The number of fused-ring (bicyclic) bond motifs is 1. The zero-order valence-corrected chi connectivity index (χ0v) is 15.4. The Hall–Kier alpha value is -2.44. The maximum absolute atomic E-state index is 13.1. The molecule has 0 saturated carbocycles. The Labute approximate surface area is 156 Å². The molecule has 1 aromatic carbocycles. The Kier molecular flexibility index (Phi) is 4.61. The van der Waals surface area contributed by atoms with Crippen molar-refractivity contribution in [1.29, 1.82) is 0 Å². The number of hydrogen-bond acceptors (Lipinski definition) is 5. The molecule has 4 rings (SSSR count). The number of imide groups is 1. The lowest BCUT2D eigenvalue weighted by Crippen LogP contribution is -2.38. The molecule has 6 heteroatoms. The van der Waals surface area contributed by atoms with Gasteiger partial charge in [0.05, 0.1) is 18.7 Å². The Bertz CT molecular complexity index is 873. The molecule has 0 saturated heterocycles. The average Bonchev–Trinajstić information content (AvgIpc) is 3.27. The fourth-order valence-electron chi connectivity index (χ4n) is 3.57. The second-order valence-electron chi connectivity index (χ2n) is 6.40. The van der Waals surface area contributed by atoms with E-state index in [1.807, 2.05) is 29.6 Å². The fraction of sp³-hybridized carbons (Fsp3) is 0.300. The lowest BCUT2D eigenvalue weighted by Gasteiger charge is -2.31. The van der Waals surface area contributed by atoms with Crippen molar-refractivity contribution in [2.24, 2.45) is 0 Å². The summed E-state index contributed by atoms with van der Waals surface area (Å²) in [6, 6.07) is 12.1. The first kappa shape index (κ1) is 17.0. The van der Waals surface area contributed by atoms with Gasteiger partial charge in [-0.2, -0.15) is 0 Å². The molecule has 1 aromatic heterocycles. The Morgan fingerprint density at radius 3 is 2.62 bits per heavy atom. The molecule has 0 N–H and O–H groups in total. The summed E-state index contributed by atoms with van der Waals surface area (Å²) >= 11 is 1.49. The minimum atomic E-state index is -0.219. The maximum atomic E-state index is 13.1. The largest absolute Gasteiger partial charge is 0.383 e. The predicted octanol–water partition coefficient (Wildman–Crippen LogP) is 2.53. The topological polar surface area (TPSA) is 49.9 Å². The molecule has 0 atom stereocenters. The molecule has 0 bridgehead atoms. The smallest absolute Gasteiger partial charge is 0.277 e. The Balaban J connectivity index is 1.73. The summed E-state index contributed by atoms with van der Waals surface area (Å²) in [5, 5.41) is 1.93. The average molecular weight is 368 g/mol. The lowest BCUT2D eigenvalue weighted by atomic mass is 9.99. The van der Waals surface area contributed by atoms with Crippen LogP contribution in [-0.2, 0) is 27.3 Å². The van der Waals surface area contributed by atoms with Gasteiger partial charge >= 0.3 is 0 Å². The van der Waals surface area contributed by atoms with Crippen LogP contribution in [0, 0.1) is 0 Å². The number of amides is 2. The van der Waals surface area contributed by atoms with E-state index in [2.05, 4.69) is 17.0 Å². The van der Waals surface area contributed by atoms with Gasteiger partial charge in [-0.25, -0.2) is 0 Å². The van der Waals surface area contributed by atoms with E-state index < -0.39 is 0 Å². The van der Waals surface area contributed by atoms with E-state index in [4.69, 9.17) is 4.74 Å². The number of ether oxygens (including phenoxy) is 1. The maximum Gasteiger partial charge on any atom is 0.277 e. The van der Waals surface area contributed by atoms with Crippen molar-refractivity contribution >= 4 is 28.7 Å². The summed E-state index contributed by atoms with van der Waals surface area (Å²) < 4.78 is 5.08. The van der Waals surface area contributed by atoms with Crippen LogP contribution in [0.25, 0.3) is 5.57 Å². The highest BCUT2D eigenvalue weighted by Gasteiger charge is 2.42. The zero-order chi connectivity index (χ0) is 18.1. The number of methoxy groups -OCH3 is 1. The number of carbonyl (C=O) groups is 2. The lowest BCUT2D eigenvalue weighted by molar-refractivity contribution is -0.138. The van der Waals surface area contributed by atoms with Gasteiger partial charge in [0.2, 0.25) is 0 Å². The molecule has 3 heterocycles. The Morgan fingerprint density at radius 2 is 1.88 bits per heavy atom. The summed E-state index contributed by atoms with van der Waals surface area (Å²) in [5.41, 5.74) is 3.59. The van der Waals surface area contributed by atoms with Crippen molar-refractivity contribution in [2.45, 2.75) is 13.0 Å². The van der Waals surface area contributed by atoms with Gasteiger partial charge in [-0.3, -0.25) is 14.5 Å². The molecule has 0 aliphatic carbocycles. The van der Waals surface area contributed by atoms with Crippen LogP contribution >= 0.6 is 11.3 Å². The molecule has 26 heavy (non-hydrogen) atoms. The highest BCUT2D eigenvalue weighted by atomic mass is 32.1. The van der Waals surface area contributed by atoms with Crippen LogP contribution in [-0.4, -0.2) is 48.4 Å². The molecule has 0 radical (unpaired) electrons. The van der Waals surface area contributed by atoms with Crippen molar-refractivity contribution in [2.75, 3.05) is 26.8 Å². The van der Waals surface area contributed by atoms with Crippen LogP contribution in [0.5, 0.6) is 0 Å². The number of hydrogen-bond donors (Lipinski definition) is 0. The summed E-state index contributed by atoms with van der Waals surface area (Å²) in [4.78, 5) is 30.3. The van der Waals surface area contributed by atoms with Crippen molar-refractivity contribution in [3.63, 3.8) is 0 Å². The SMILES string of the molecule is COCCN1C(=O)C(c2cccs2)=C(N2CCc3ccccc3C2)C1=O. The van der Waals surface area contributed by atoms with Gasteiger partial charge in [-0.05, 0) is 29.0 Å². The third kappa shape index (κ3) is 2.85. The van der Waals surface area contributed by atoms with Gasteiger partial charge in [0.1, 0.15) is 5.70 Å². The van der Waals surface area contributed by atoms with E-state index in [1.165, 1.54) is 27.4 Å². The van der Waals surface area contributed by atoms with Crippen LogP contribution in [0.1, 0.15) is 16.0 Å². The first-order valence-electron chi connectivity index (χ1n) is 8.65. The van der Waals surface area contributed by atoms with Crippen molar-refractivity contribution in [3.05, 3.63) is 63.5 Å². The summed E-state index contributed by atoms with van der Waals surface area (Å²) in [6.07, 6.45) is 0.872. The third-order valence-corrected chi connectivity index (χ3v) is 5.76. The highest BCUT2D eigenvalue weighted by Crippen LogP contribution is 2.35. The number of benzene rings is 1. The molecule has 2 aliphatic rings. The molecule has 0 spiro atoms. The molecular formula is C20H20N2O3S. The van der Waals surface area contributed by atoms with E-state index >= 15 is 0 Å². The summed E-state index contributed by atoms with van der Waals surface area (Å²) in [6.45, 7) is 2.00. The molecule has 0 unspecified atom stereocenters. The van der Waals surface area contributed by atoms with Gasteiger partial charge in [0, 0.05) is 25.1 Å². The zero-order valence-electron chi connectivity index (χ0n) is 14.6. The normalized spacial score (nSPS) is 17.3. The van der Waals surface area contributed by atoms with Gasteiger partial charge in [0.15, 0.2) is 0 Å². The molecular weight excluding hydrogens is 348 g/mol. The van der Waals surface area contributed by atoms with E-state index in [9.17, 15) is 9.59 Å². The third-order valence-electron chi connectivity index (χ3n) is 4.88. The van der Waals surface area contributed by atoms with E-state index in [0.717, 1.165) is 17.8 Å². The second-order valence-corrected chi connectivity index (χ2v) is 7.34. The molecule has 134 valence electrons. The van der Waals surface area contributed by atoms with Crippen molar-refractivity contribution in [3.8, 4) is 0 Å². The summed E-state index contributed by atoms with van der Waals surface area (Å²) in [7, 11) is 1.57. The number of thiophene rings is 1. The second kappa shape index (κ2) is 7.05. The summed E-state index contributed by atoms with van der Waals surface area (Å²) in [5.74, 6) is -0.432. The molecule has 2 aromatic rings. The standard InChI is InChI=1S/C20H20N2O3S/c1-25-11-10-22-19(23)17(16-7-4-12-26-16)18(20(22)24)21-9-8-14-5-2-3-6-15(14)13-21/h2-7,12H,8-11,13H2,1H3. The molecule has 2 amide bonds. The van der Waals surface area contributed by atoms with Crippen molar-refractivity contribution < 1.29 is 14.3 Å². The van der Waals surface area contributed by atoms with Gasteiger partial charge in [-0.15, -0.1) is 11.3 Å². The first-order valence-corrected chi connectivity index (χ1v) is 9.53. The number of rotatable bonds is 5. The minimum absolute atomic E-state index is 0.213. The quantitative estimate of drug-likeness (QED) is 0.761.